The van der Waals surface area contributed by atoms with Gasteiger partial charge in [0.1, 0.15) is 5.82 Å². The number of aromatic amines is 1. The van der Waals surface area contributed by atoms with Crippen molar-refractivity contribution in [2.24, 2.45) is 0 Å². The van der Waals surface area contributed by atoms with Gasteiger partial charge in [-0.15, -0.1) is 0 Å². The van der Waals surface area contributed by atoms with Crippen LogP contribution in [0.4, 0.5) is 0 Å². The number of H-pyrrole nitrogens is 1. The molecule has 0 radical (unpaired) electrons. The first-order valence-corrected chi connectivity index (χ1v) is 7.89. The third kappa shape index (κ3) is 2.50. The highest BCUT2D eigenvalue weighted by atomic mass is 15.2. The number of hydrogen-bond donors (Lipinski definition) is 1. The Bertz CT molecular complexity index is 778. The van der Waals surface area contributed by atoms with Gasteiger partial charge in [-0.2, -0.15) is 0 Å². The van der Waals surface area contributed by atoms with E-state index in [4.69, 9.17) is 4.98 Å². The van der Waals surface area contributed by atoms with Crippen molar-refractivity contribution >= 4 is 11.0 Å². The van der Waals surface area contributed by atoms with Crippen LogP contribution in [0, 0.1) is 6.92 Å². The predicted octanol–water partition coefficient (Wildman–Crippen LogP) is 3.60. The molecular formula is C18H20N4. The van der Waals surface area contributed by atoms with Gasteiger partial charge in [-0.3, -0.25) is 9.88 Å². The van der Waals surface area contributed by atoms with Gasteiger partial charge < -0.3 is 4.98 Å². The van der Waals surface area contributed by atoms with Crippen molar-refractivity contribution in [2.45, 2.75) is 32.4 Å². The Morgan fingerprint density at radius 3 is 3.14 bits per heavy atom. The van der Waals surface area contributed by atoms with Crippen molar-refractivity contribution in [3.8, 4) is 0 Å². The lowest BCUT2D eigenvalue weighted by atomic mass is 10.2. The van der Waals surface area contributed by atoms with Gasteiger partial charge in [-0.05, 0) is 55.6 Å². The van der Waals surface area contributed by atoms with Gasteiger partial charge in [0.2, 0.25) is 0 Å². The maximum Gasteiger partial charge on any atom is 0.124 e. The molecule has 0 spiro atoms. The molecule has 2 aromatic heterocycles. The Labute approximate surface area is 130 Å². The third-order valence-electron chi connectivity index (χ3n) is 4.44. The zero-order chi connectivity index (χ0) is 14.9. The van der Waals surface area contributed by atoms with E-state index in [9.17, 15) is 0 Å². The fourth-order valence-corrected chi connectivity index (χ4v) is 3.35. The first-order chi connectivity index (χ1) is 10.8. The number of imidazole rings is 1. The Morgan fingerprint density at radius 2 is 2.27 bits per heavy atom. The van der Waals surface area contributed by atoms with Crippen LogP contribution in [0.25, 0.3) is 11.0 Å². The van der Waals surface area contributed by atoms with Crippen molar-refractivity contribution in [3.05, 3.63) is 59.7 Å². The van der Waals surface area contributed by atoms with Gasteiger partial charge in [-0.25, -0.2) is 4.98 Å². The van der Waals surface area contributed by atoms with E-state index in [2.05, 4.69) is 46.1 Å². The Hall–Kier alpha value is -2.20. The fraction of sp³-hybridized carbons (Fsp3) is 0.333. The highest BCUT2D eigenvalue weighted by molar-refractivity contribution is 5.75. The molecule has 4 rings (SSSR count). The molecule has 112 valence electrons. The zero-order valence-corrected chi connectivity index (χ0v) is 12.8. The Balaban J connectivity index is 1.61. The molecule has 0 saturated carbocycles. The van der Waals surface area contributed by atoms with Gasteiger partial charge in [0.05, 0.1) is 17.1 Å². The summed E-state index contributed by atoms with van der Waals surface area (Å²) < 4.78 is 0. The first kappa shape index (κ1) is 13.5. The second-order valence-electron chi connectivity index (χ2n) is 6.13. The van der Waals surface area contributed by atoms with Crippen LogP contribution >= 0.6 is 0 Å². The van der Waals surface area contributed by atoms with Crippen LogP contribution in [-0.2, 0) is 6.54 Å². The molecular weight excluding hydrogens is 272 g/mol. The molecule has 1 fully saturated rings. The van der Waals surface area contributed by atoms with Gasteiger partial charge in [0.25, 0.3) is 0 Å². The number of rotatable bonds is 3. The molecule has 22 heavy (non-hydrogen) atoms. The fourth-order valence-electron chi connectivity index (χ4n) is 3.35. The van der Waals surface area contributed by atoms with E-state index < -0.39 is 0 Å². The summed E-state index contributed by atoms with van der Waals surface area (Å²) >= 11 is 0. The monoisotopic (exact) mass is 292 g/mol. The molecule has 3 heterocycles. The quantitative estimate of drug-likeness (QED) is 0.802. The predicted molar refractivity (Wildman–Crippen MR) is 87.5 cm³/mol. The zero-order valence-electron chi connectivity index (χ0n) is 12.8. The molecule has 0 amide bonds. The smallest absolute Gasteiger partial charge is 0.124 e. The van der Waals surface area contributed by atoms with Crippen LogP contribution in [0.3, 0.4) is 0 Å². The second-order valence-corrected chi connectivity index (χ2v) is 6.13. The van der Waals surface area contributed by atoms with Gasteiger partial charge in [-0.1, -0.05) is 12.1 Å². The lowest BCUT2D eigenvalue weighted by Gasteiger charge is -2.22. The second kappa shape index (κ2) is 5.54. The highest BCUT2D eigenvalue weighted by Gasteiger charge is 2.28. The van der Waals surface area contributed by atoms with Crippen molar-refractivity contribution in [1.29, 1.82) is 0 Å². The van der Waals surface area contributed by atoms with E-state index in [0.29, 0.717) is 6.04 Å². The number of nitrogens with zero attached hydrogens (tertiary/aromatic N) is 3. The number of aromatic nitrogens is 3. The Kier molecular flexibility index (Phi) is 3.39. The first-order valence-electron chi connectivity index (χ1n) is 7.89. The van der Waals surface area contributed by atoms with Crippen molar-refractivity contribution in [1.82, 2.24) is 19.9 Å². The van der Waals surface area contributed by atoms with Gasteiger partial charge in [0.15, 0.2) is 0 Å². The molecule has 1 saturated heterocycles. The minimum atomic E-state index is 0.382. The van der Waals surface area contributed by atoms with Crippen LogP contribution < -0.4 is 0 Å². The van der Waals surface area contributed by atoms with E-state index in [1.165, 1.54) is 24.0 Å². The average Bonchev–Trinajstić information content (AvgIpc) is 3.14. The van der Waals surface area contributed by atoms with E-state index in [1.807, 2.05) is 18.5 Å². The normalized spacial score (nSPS) is 19.0. The summed E-state index contributed by atoms with van der Waals surface area (Å²) in [7, 11) is 0. The van der Waals surface area contributed by atoms with Crippen molar-refractivity contribution in [3.63, 3.8) is 0 Å². The number of likely N-dealkylation sites (tertiary alicyclic amines) is 1. The summed E-state index contributed by atoms with van der Waals surface area (Å²) in [5, 5.41) is 0. The highest BCUT2D eigenvalue weighted by Crippen LogP contribution is 2.32. The van der Waals surface area contributed by atoms with Gasteiger partial charge in [0, 0.05) is 18.9 Å². The minimum absolute atomic E-state index is 0.382. The Morgan fingerprint density at radius 1 is 1.32 bits per heavy atom. The topological polar surface area (TPSA) is 44.8 Å². The molecule has 0 bridgehead atoms. The van der Waals surface area contributed by atoms with Gasteiger partial charge >= 0.3 is 0 Å². The van der Waals surface area contributed by atoms with Crippen molar-refractivity contribution < 1.29 is 0 Å². The lowest BCUT2D eigenvalue weighted by molar-refractivity contribution is 0.241. The minimum Gasteiger partial charge on any atom is -0.341 e. The third-order valence-corrected chi connectivity index (χ3v) is 4.44. The average molecular weight is 292 g/mol. The van der Waals surface area contributed by atoms with Crippen LogP contribution in [-0.4, -0.2) is 26.4 Å². The number of fused-ring (bicyclic) bond motifs is 1. The summed E-state index contributed by atoms with van der Waals surface area (Å²) in [4.78, 5) is 15.1. The molecule has 1 aromatic carbocycles. The van der Waals surface area contributed by atoms with E-state index >= 15 is 0 Å². The number of nitrogens with one attached hydrogen (secondary N) is 1. The molecule has 4 nitrogen and oxygen atoms in total. The molecule has 3 aromatic rings. The summed E-state index contributed by atoms with van der Waals surface area (Å²) in [5.74, 6) is 1.10. The van der Waals surface area contributed by atoms with E-state index in [-0.39, 0.29) is 0 Å². The van der Waals surface area contributed by atoms with E-state index in [0.717, 1.165) is 29.9 Å². The summed E-state index contributed by atoms with van der Waals surface area (Å²) in [6, 6.07) is 10.9. The number of hydrogen-bond acceptors (Lipinski definition) is 3. The van der Waals surface area contributed by atoms with E-state index in [1.54, 1.807) is 0 Å². The van der Waals surface area contributed by atoms with Crippen molar-refractivity contribution in [2.75, 3.05) is 6.54 Å². The van der Waals surface area contributed by atoms with Crippen LogP contribution in [0.1, 0.15) is 35.8 Å². The SMILES string of the molecule is Cc1ccc2nc(C3CCCN3Cc3cccnc3)[nH]c2c1. The molecule has 4 heteroatoms. The summed E-state index contributed by atoms with van der Waals surface area (Å²) in [5.41, 5.74) is 4.74. The molecule has 1 unspecified atom stereocenters. The van der Waals surface area contributed by atoms with Crippen LogP contribution in [0.2, 0.25) is 0 Å². The molecule has 0 aliphatic carbocycles. The molecule has 1 aliphatic rings. The molecule has 1 aliphatic heterocycles. The van der Waals surface area contributed by atoms with Crippen LogP contribution in [0.15, 0.2) is 42.7 Å². The summed E-state index contributed by atoms with van der Waals surface area (Å²) in [6.07, 6.45) is 6.17. The largest absolute Gasteiger partial charge is 0.341 e. The summed E-state index contributed by atoms with van der Waals surface area (Å²) in [6.45, 7) is 4.18. The molecule has 1 N–H and O–H groups in total. The maximum absolute atomic E-state index is 4.81. The number of pyridine rings is 1. The lowest BCUT2D eigenvalue weighted by Crippen LogP contribution is -2.23. The van der Waals surface area contributed by atoms with Crippen LogP contribution in [0.5, 0.6) is 0 Å². The number of aryl methyl sites for hydroxylation is 1. The molecule has 1 atom stereocenters. The maximum atomic E-state index is 4.81. The standard InChI is InChI=1S/C18H20N4/c1-13-6-7-15-16(10-13)21-18(20-15)17-5-3-9-22(17)12-14-4-2-8-19-11-14/h2,4,6-8,10-11,17H,3,5,9,12H2,1H3,(H,20,21). The number of benzene rings is 1.